The number of rotatable bonds is 4. The highest BCUT2D eigenvalue weighted by Gasteiger charge is 2.34. The monoisotopic (exact) mass is 307 g/mol. The summed E-state index contributed by atoms with van der Waals surface area (Å²) in [5.74, 6) is -4.27. The van der Waals surface area contributed by atoms with E-state index in [0.29, 0.717) is 12.1 Å². The molecule has 1 aromatic rings. The predicted molar refractivity (Wildman–Crippen MR) is 65.1 cm³/mol. The number of amides is 1. The van der Waals surface area contributed by atoms with Crippen LogP contribution in [-0.2, 0) is 11.0 Å². The van der Waals surface area contributed by atoms with E-state index in [9.17, 15) is 27.2 Å². The third kappa shape index (κ3) is 4.17. The normalized spacial score (nSPS) is 13.1. The van der Waals surface area contributed by atoms with Gasteiger partial charge in [-0.1, -0.05) is 13.8 Å². The van der Waals surface area contributed by atoms with E-state index in [-0.39, 0.29) is 5.56 Å². The van der Waals surface area contributed by atoms with Crippen LogP contribution < -0.4 is 5.32 Å². The second-order valence-electron chi connectivity index (χ2n) is 4.73. The fraction of sp³-hybridized carbons (Fsp3) is 0.385. The van der Waals surface area contributed by atoms with Crippen molar-refractivity contribution < 1.29 is 32.3 Å². The summed E-state index contributed by atoms with van der Waals surface area (Å²) >= 11 is 0. The van der Waals surface area contributed by atoms with Gasteiger partial charge in [0.25, 0.3) is 5.91 Å². The summed E-state index contributed by atoms with van der Waals surface area (Å²) in [5, 5.41) is 11.0. The average molecular weight is 307 g/mol. The Hall–Kier alpha value is -2.12. The van der Waals surface area contributed by atoms with E-state index in [1.807, 2.05) is 0 Å². The molecule has 0 aliphatic heterocycles. The maximum Gasteiger partial charge on any atom is 0.419 e. The minimum Gasteiger partial charge on any atom is -0.480 e. The third-order valence-electron chi connectivity index (χ3n) is 2.76. The molecule has 0 saturated heterocycles. The SMILES string of the molecule is CC(C)[C@H](NC(=O)c1ccc(C(F)(F)F)c(F)c1)C(=O)O. The summed E-state index contributed by atoms with van der Waals surface area (Å²) in [5.41, 5.74) is -1.87. The van der Waals surface area contributed by atoms with Crippen LogP contribution in [0.1, 0.15) is 29.8 Å². The predicted octanol–water partition coefficient (Wildman–Crippen LogP) is 2.68. The second-order valence-corrected chi connectivity index (χ2v) is 4.73. The molecule has 0 bridgehead atoms. The minimum absolute atomic E-state index is 0.382. The molecule has 1 rings (SSSR count). The van der Waals surface area contributed by atoms with Crippen LogP contribution in [0.2, 0.25) is 0 Å². The Bertz CT molecular complexity index is 555. The Labute approximate surface area is 117 Å². The van der Waals surface area contributed by atoms with Gasteiger partial charge in [-0.15, -0.1) is 0 Å². The molecule has 0 aliphatic carbocycles. The molecular formula is C13H13F4NO3. The van der Waals surface area contributed by atoms with Crippen molar-refractivity contribution in [1.82, 2.24) is 5.32 Å². The molecule has 0 spiro atoms. The summed E-state index contributed by atoms with van der Waals surface area (Å²) in [6.45, 7) is 3.10. The van der Waals surface area contributed by atoms with Crippen LogP contribution in [0.5, 0.6) is 0 Å². The number of nitrogens with one attached hydrogen (secondary N) is 1. The van der Waals surface area contributed by atoms with Crippen LogP contribution in [0.25, 0.3) is 0 Å². The zero-order valence-electron chi connectivity index (χ0n) is 11.2. The molecule has 2 N–H and O–H groups in total. The van der Waals surface area contributed by atoms with Crippen LogP contribution in [0.4, 0.5) is 17.6 Å². The maximum atomic E-state index is 13.3. The number of benzene rings is 1. The Balaban J connectivity index is 2.99. The van der Waals surface area contributed by atoms with Crippen LogP contribution in [0.15, 0.2) is 18.2 Å². The Kier molecular flexibility index (Phi) is 4.93. The lowest BCUT2D eigenvalue weighted by Crippen LogP contribution is -2.44. The molecule has 1 amide bonds. The van der Waals surface area contributed by atoms with Crippen molar-refractivity contribution in [3.8, 4) is 0 Å². The summed E-state index contributed by atoms with van der Waals surface area (Å²) in [7, 11) is 0. The van der Waals surface area contributed by atoms with E-state index in [0.717, 1.165) is 6.07 Å². The topological polar surface area (TPSA) is 66.4 Å². The van der Waals surface area contributed by atoms with Crippen LogP contribution in [-0.4, -0.2) is 23.0 Å². The number of carboxylic acid groups (broad SMARTS) is 1. The standard InChI is InChI=1S/C13H13F4NO3/c1-6(2)10(12(20)21)18-11(19)7-3-4-8(9(14)5-7)13(15,16)17/h3-6,10H,1-2H3,(H,18,19)(H,20,21)/t10-/m0/s1. The van der Waals surface area contributed by atoms with Crippen molar-refractivity contribution in [2.75, 3.05) is 0 Å². The van der Waals surface area contributed by atoms with Crippen molar-refractivity contribution in [2.45, 2.75) is 26.1 Å². The third-order valence-corrected chi connectivity index (χ3v) is 2.76. The van der Waals surface area contributed by atoms with E-state index in [1.165, 1.54) is 0 Å². The van der Waals surface area contributed by atoms with Gasteiger partial charge in [0.05, 0.1) is 5.56 Å². The molecule has 0 aromatic heterocycles. The molecule has 0 fully saturated rings. The Morgan fingerprint density at radius 3 is 2.19 bits per heavy atom. The zero-order valence-corrected chi connectivity index (χ0v) is 11.2. The summed E-state index contributed by atoms with van der Waals surface area (Å²) in [4.78, 5) is 22.7. The molecule has 21 heavy (non-hydrogen) atoms. The quantitative estimate of drug-likeness (QED) is 0.841. The van der Waals surface area contributed by atoms with E-state index in [4.69, 9.17) is 5.11 Å². The van der Waals surface area contributed by atoms with Gasteiger partial charge >= 0.3 is 12.1 Å². The largest absolute Gasteiger partial charge is 0.480 e. The number of halogens is 4. The van der Waals surface area contributed by atoms with Crippen LogP contribution in [0.3, 0.4) is 0 Å². The molecule has 4 nitrogen and oxygen atoms in total. The number of carbonyl (C=O) groups is 2. The lowest BCUT2D eigenvalue weighted by atomic mass is 10.0. The van der Waals surface area contributed by atoms with Crippen molar-refractivity contribution in [1.29, 1.82) is 0 Å². The number of alkyl halides is 3. The highest BCUT2D eigenvalue weighted by Crippen LogP contribution is 2.31. The molecule has 0 aliphatic rings. The number of aliphatic carboxylic acids is 1. The first-order chi connectivity index (χ1) is 9.54. The van der Waals surface area contributed by atoms with Crippen molar-refractivity contribution in [2.24, 2.45) is 5.92 Å². The lowest BCUT2D eigenvalue weighted by molar-refractivity contribution is -0.141. The summed E-state index contributed by atoms with van der Waals surface area (Å²) in [6, 6.07) is 0.440. The van der Waals surface area contributed by atoms with Gasteiger partial charge in [0, 0.05) is 5.56 Å². The maximum absolute atomic E-state index is 13.3. The molecule has 0 heterocycles. The average Bonchev–Trinajstić information content (AvgIpc) is 2.32. The Morgan fingerprint density at radius 2 is 1.81 bits per heavy atom. The molecule has 0 radical (unpaired) electrons. The summed E-state index contributed by atoms with van der Waals surface area (Å²) < 4.78 is 50.5. The van der Waals surface area contributed by atoms with Crippen molar-refractivity contribution in [3.63, 3.8) is 0 Å². The van der Waals surface area contributed by atoms with Gasteiger partial charge in [0.2, 0.25) is 0 Å². The highest BCUT2D eigenvalue weighted by atomic mass is 19.4. The number of hydrogen-bond donors (Lipinski definition) is 2. The molecule has 116 valence electrons. The molecule has 1 atom stereocenters. The Morgan fingerprint density at radius 1 is 1.24 bits per heavy atom. The van der Waals surface area contributed by atoms with Crippen molar-refractivity contribution >= 4 is 11.9 Å². The van der Waals surface area contributed by atoms with E-state index >= 15 is 0 Å². The zero-order chi connectivity index (χ0) is 16.4. The van der Waals surface area contributed by atoms with Gasteiger partial charge < -0.3 is 10.4 Å². The summed E-state index contributed by atoms with van der Waals surface area (Å²) in [6.07, 6.45) is -4.86. The smallest absolute Gasteiger partial charge is 0.419 e. The fourth-order valence-electron chi connectivity index (χ4n) is 1.62. The van der Waals surface area contributed by atoms with Crippen LogP contribution in [0, 0.1) is 11.7 Å². The van der Waals surface area contributed by atoms with Gasteiger partial charge in [-0.2, -0.15) is 13.2 Å². The first kappa shape index (κ1) is 16.9. The number of carbonyl (C=O) groups excluding carboxylic acids is 1. The first-order valence-corrected chi connectivity index (χ1v) is 5.94. The molecule has 8 heteroatoms. The van der Waals surface area contributed by atoms with Gasteiger partial charge in [0.15, 0.2) is 0 Å². The molecular weight excluding hydrogens is 294 g/mol. The van der Waals surface area contributed by atoms with Gasteiger partial charge in [-0.25, -0.2) is 9.18 Å². The number of carboxylic acids is 1. The van der Waals surface area contributed by atoms with Gasteiger partial charge in [0.1, 0.15) is 11.9 Å². The van der Waals surface area contributed by atoms with Gasteiger partial charge in [-0.05, 0) is 24.1 Å². The van der Waals surface area contributed by atoms with Crippen molar-refractivity contribution in [3.05, 3.63) is 35.1 Å². The molecule has 0 saturated carbocycles. The fourth-order valence-corrected chi connectivity index (χ4v) is 1.62. The number of hydrogen-bond acceptors (Lipinski definition) is 2. The first-order valence-electron chi connectivity index (χ1n) is 5.94. The van der Waals surface area contributed by atoms with E-state index < -0.39 is 41.4 Å². The molecule has 0 unspecified atom stereocenters. The lowest BCUT2D eigenvalue weighted by Gasteiger charge is -2.18. The van der Waals surface area contributed by atoms with Crippen LogP contribution >= 0.6 is 0 Å². The van der Waals surface area contributed by atoms with E-state index in [1.54, 1.807) is 13.8 Å². The van der Waals surface area contributed by atoms with Gasteiger partial charge in [-0.3, -0.25) is 4.79 Å². The second kappa shape index (κ2) is 6.11. The highest BCUT2D eigenvalue weighted by molar-refractivity contribution is 5.96. The minimum atomic E-state index is -4.86. The molecule has 1 aromatic carbocycles. The van der Waals surface area contributed by atoms with E-state index in [2.05, 4.69) is 5.32 Å².